The van der Waals surface area contributed by atoms with Crippen molar-refractivity contribution in [2.75, 3.05) is 12.0 Å². The minimum absolute atomic E-state index is 0.00273. The van der Waals surface area contributed by atoms with E-state index in [0.29, 0.717) is 0 Å². The third-order valence-electron chi connectivity index (χ3n) is 4.01. The van der Waals surface area contributed by atoms with E-state index < -0.39 is 0 Å². The summed E-state index contributed by atoms with van der Waals surface area (Å²) in [5.41, 5.74) is 2.10. The van der Waals surface area contributed by atoms with E-state index >= 15 is 0 Å². The predicted molar refractivity (Wildman–Crippen MR) is 87.3 cm³/mol. The van der Waals surface area contributed by atoms with Crippen LogP contribution in [0.2, 0.25) is 0 Å². The van der Waals surface area contributed by atoms with E-state index in [0.717, 1.165) is 41.9 Å². The van der Waals surface area contributed by atoms with Crippen LogP contribution in [0.3, 0.4) is 0 Å². The lowest BCUT2D eigenvalue weighted by molar-refractivity contribution is -0.123. The number of fused-ring (bicyclic) bond motifs is 1. The zero-order chi connectivity index (χ0) is 14.8. The first kappa shape index (κ1) is 14.4. The molecule has 112 valence electrons. The van der Waals surface area contributed by atoms with Crippen LogP contribution in [-0.2, 0) is 11.8 Å². The molecule has 0 radical (unpaired) electrons. The van der Waals surface area contributed by atoms with E-state index in [2.05, 4.69) is 22.2 Å². The Morgan fingerprint density at radius 3 is 2.90 bits per heavy atom. The molecule has 0 spiro atoms. The Morgan fingerprint density at radius 2 is 2.24 bits per heavy atom. The Labute approximate surface area is 129 Å². The number of amides is 1. The van der Waals surface area contributed by atoms with Crippen LogP contribution in [0.25, 0.3) is 11.0 Å². The van der Waals surface area contributed by atoms with E-state index in [4.69, 9.17) is 4.98 Å². The average molecular weight is 303 g/mol. The first-order chi connectivity index (χ1) is 10.2. The Balaban J connectivity index is 1.88. The Bertz CT molecular complexity index is 648. The van der Waals surface area contributed by atoms with Gasteiger partial charge in [0.05, 0.1) is 17.1 Å². The van der Waals surface area contributed by atoms with Gasteiger partial charge in [0.25, 0.3) is 0 Å². The van der Waals surface area contributed by atoms with E-state index in [1.807, 2.05) is 25.2 Å². The quantitative estimate of drug-likeness (QED) is 0.892. The fourth-order valence-corrected chi connectivity index (χ4v) is 3.08. The molecule has 3 rings (SSSR count). The first-order valence-corrected chi connectivity index (χ1v) is 8.80. The number of thioether (sulfide) groups is 1. The summed E-state index contributed by atoms with van der Waals surface area (Å²) in [6.45, 7) is 0. The monoisotopic (exact) mass is 303 g/mol. The number of aryl methyl sites for hydroxylation is 1. The number of rotatable bonds is 6. The number of para-hydroxylation sites is 2. The van der Waals surface area contributed by atoms with Gasteiger partial charge in [-0.2, -0.15) is 11.8 Å². The topological polar surface area (TPSA) is 46.9 Å². The van der Waals surface area contributed by atoms with Gasteiger partial charge in [0.15, 0.2) is 0 Å². The number of carbonyl (C=O) groups is 1. The lowest BCUT2D eigenvalue weighted by Gasteiger charge is -2.18. The van der Waals surface area contributed by atoms with Crippen LogP contribution in [0.5, 0.6) is 0 Å². The number of imidazole rings is 1. The van der Waals surface area contributed by atoms with Gasteiger partial charge in [-0.3, -0.25) is 4.79 Å². The molecule has 0 aliphatic heterocycles. The van der Waals surface area contributed by atoms with E-state index in [1.165, 1.54) is 0 Å². The standard InChI is InChI=1S/C16H21N3OS/c1-19-14-6-4-3-5-12(14)17-15(19)13(9-10-21-2)18-16(20)11-7-8-11/h3-6,11,13H,7-10H2,1-2H3,(H,18,20)/t13-/m0/s1. The Kier molecular flexibility index (Phi) is 4.19. The van der Waals surface area contributed by atoms with Gasteiger partial charge in [0.1, 0.15) is 5.82 Å². The van der Waals surface area contributed by atoms with Gasteiger partial charge >= 0.3 is 0 Å². The molecular formula is C16H21N3OS. The average Bonchev–Trinajstić information content (AvgIpc) is 3.29. The summed E-state index contributed by atoms with van der Waals surface area (Å²) in [6.07, 6.45) is 5.07. The number of benzene rings is 1. The van der Waals surface area contributed by atoms with Crippen LogP contribution in [0.1, 0.15) is 31.1 Å². The summed E-state index contributed by atoms with van der Waals surface area (Å²) in [4.78, 5) is 16.9. The van der Waals surface area contributed by atoms with Crippen LogP contribution in [0.15, 0.2) is 24.3 Å². The molecule has 1 fully saturated rings. The highest BCUT2D eigenvalue weighted by Crippen LogP contribution is 2.31. The largest absolute Gasteiger partial charge is 0.346 e. The molecule has 1 atom stereocenters. The van der Waals surface area contributed by atoms with Crippen molar-refractivity contribution in [2.24, 2.45) is 13.0 Å². The van der Waals surface area contributed by atoms with Gasteiger partial charge in [0, 0.05) is 13.0 Å². The summed E-state index contributed by atoms with van der Waals surface area (Å²) in [7, 11) is 2.03. The molecule has 5 heteroatoms. The minimum Gasteiger partial charge on any atom is -0.346 e. The zero-order valence-corrected chi connectivity index (χ0v) is 13.3. The molecular weight excluding hydrogens is 282 g/mol. The van der Waals surface area contributed by atoms with Gasteiger partial charge in [-0.25, -0.2) is 4.98 Å². The second kappa shape index (κ2) is 6.10. The molecule has 1 aliphatic carbocycles. The van der Waals surface area contributed by atoms with Gasteiger partial charge in [0.2, 0.25) is 5.91 Å². The molecule has 1 amide bonds. The summed E-state index contributed by atoms with van der Waals surface area (Å²) in [6, 6.07) is 8.11. The van der Waals surface area contributed by atoms with Gasteiger partial charge in [-0.15, -0.1) is 0 Å². The van der Waals surface area contributed by atoms with Crippen molar-refractivity contribution in [3.63, 3.8) is 0 Å². The van der Waals surface area contributed by atoms with Crippen LogP contribution in [0, 0.1) is 5.92 Å². The van der Waals surface area contributed by atoms with Crippen molar-refractivity contribution in [3.05, 3.63) is 30.1 Å². The van der Waals surface area contributed by atoms with Crippen molar-refractivity contribution >= 4 is 28.7 Å². The molecule has 0 bridgehead atoms. The lowest BCUT2D eigenvalue weighted by atomic mass is 10.2. The Hall–Kier alpha value is -1.49. The van der Waals surface area contributed by atoms with E-state index in [-0.39, 0.29) is 17.9 Å². The van der Waals surface area contributed by atoms with Crippen molar-refractivity contribution in [2.45, 2.75) is 25.3 Å². The smallest absolute Gasteiger partial charge is 0.223 e. The fraction of sp³-hybridized carbons (Fsp3) is 0.500. The SMILES string of the molecule is CSCC[C@H](NC(=O)C1CC1)c1nc2ccccc2n1C. The maximum absolute atomic E-state index is 12.1. The minimum atomic E-state index is 0.00273. The molecule has 2 aromatic rings. The molecule has 1 N–H and O–H groups in total. The number of hydrogen-bond donors (Lipinski definition) is 1. The van der Waals surface area contributed by atoms with E-state index in [1.54, 1.807) is 11.8 Å². The summed E-state index contributed by atoms with van der Waals surface area (Å²) in [5.74, 6) is 2.39. The van der Waals surface area contributed by atoms with Crippen LogP contribution >= 0.6 is 11.8 Å². The van der Waals surface area contributed by atoms with Crippen molar-refractivity contribution in [3.8, 4) is 0 Å². The van der Waals surface area contributed by atoms with Crippen molar-refractivity contribution in [1.29, 1.82) is 0 Å². The van der Waals surface area contributed by atoms with E-state index in [9.17, 15) is 4.79 Å². The molecule has 21 heavy (non-hydrogen) atoms. The van der Waals surface area contributed by atoms with Gasteiger partial charge in [-0.05, 0) is 43.4 Å². The number of nitrogens with one attached hydrogen (secondary N) is 1. The molecule has 1 heterocycles. The summed E-state index contributed by atoms with van der Waals surface area (Å²) in [5, 5.41) is 3.20. The third kappa shape index (κ3) is 3.07. The molecule has 1 saturated carbocycles. The third-order valence-corrected chi connectivity index (χ3v) is 4.65. The molecule has 0 saturated heterocycles. The Morgan fingerprint density at radius 1 is 1.48 bits per heavy atom. The van der Waals surface area contributed by atoms with Gasteiger partial charge in [-0.1, -0.05) is 12.1 Å². The molecule has 0 unspecified atom stereocenters. The number of carbonyl (C=O) groups excluding carboxylic acids is 1. The second-order valence-electron chi connectivity index (χ2n) is 5.63. The van der Waals surface area contributed by atoms with Gasteiger partial charge < -0.3 is 9.88 Å². The normalized spacial score (nSPS) is 16.1. The highest BCUT2D eigenvalue weighted by molar-refractivity contribution is 7.98. The maximum atomic E-state index is 12.1. The predicted octanol–water partition coefficient (Wildman–Crippen LogP) is 2.89. The molecule has 4 nitrogen and oxygen atoms in total. The number of nitrogens with zero attached hydrogens (tertiary/aromatic N) is 2. The van der Waals surface area contributed by atoms with Crippen LogP contribution < -0.4 is 5.32 Å². The zero-order valence-electron chi connectivity index (χ0n) is 12.5. The molecule has 1 aromatic carbocycles. The van der Waals surface area contributed by atoms with Crippen molar-refractivity contribution in [1.82, 2.24) is 14.9 Å². The highest BCUT2D eigenvalue weighted by atomic mass is 32.2. The first-order valence-electron chi connectivity index (χ1n) is 7.41. The summed E-state index contributed by atoms with van der Waals surface area (Å²) >= 11 is 1.80. The highest BCUT2D eigenvalue weighted by Gasteiger charge is 2.32. The van der Waals surface area contributed by atoms with Crippen LogP contribution in [0.4, 0.5) is 0 Å². The van der Waals surface area contributed by atoms with Crippen molar-refractivity contribution < 1.29 is 4.79 Å². The van der Waals surface area contributed by atoms with Crippen LogP contribution in [-0.4, -0.2) is 27.5 Å². The maximum Gasteiger partial charge on any atom is 0.223 e. The lowest BCUT2D eigenvalue weighted by Crippen LogP contribution is -2.31. The second-order valence-corrected chi connectivity index (χ2v) is 6.62. The fourth-order valence-electron chi connectivity index (χ4n) is 2.61. The number of hydrogen-bond acceptors (Lipinski definition) is 3. The number of aromatic nitrogens is 2. The molecule has 1 aromatic heterocycles. The molecule has 1 aliphatic rings. The summed E-state index contributed by atoms with van der Waals surface area (Å²) < 4.78 is 2.10.